The fraction of sp³-hybridized carbons (Fsp3) is 0.571. The van der Waals surface area contributed by atoms with Gasteiger partial charge in [-0.25, -0.2) is 0 Å². The van der Waals surface area contributed by atoms with E-state index in [1.807, 2.05) is 6.92 Å². The molecule has 0 radical (unpaired) electrons. The number of halogens is 5. The molecule has 2 heterocycles. The third-order valence-corrected chi connectivity index (χ3v) is 3.72. The van der Waals surface area contributed by atoms with Crippen LogP contribution in [0.4, 0.5) is 13.2 Å². The van der Waals surface area contributed by atoms with Gasteiger partial charge in [0.1, 0.15) is 5.69 Å². The minimum atomic E-state index is -4.50. The molecule has 1 aliphatic rings. The van der Waals surface area contributed by atoms with E-state index in [4.69, 9.17) is 5.73 Å². The Morgan fingerprint density at radius 2 is 2.00 bits per heavy atom. The Kier molecular flexibility index (Phi) is 8.31. The Morgan fingerprint density at radius 1 is 1.35 bits per heavy atom. The van der Waals surface area contributed by atoms with Crippen LogP contribution in [0.3, 0.4) is 0 Å². The summed E-state index contributed by atoms with van der Waals surface area (Å²) in [6.45, 7) is 2.41. The Hall–Kier alpha value is -1.05. The summed E-state index contributed by atoms with van der Waals surface area (Å²) < 4.78 is 37.4. The highest BCUT2D eigenvalue weighted by Crippen LogP contribution is 2.28. The summed E-state index contributed by atoms with van der Waals surface area (Å²) in [5, 5.41) is 0. The summed E-state index contributed by atoms with van der Waals surface area (Å²) >= 11 is 0. The topological polar surface area (TPSA) is 59.2 Å². The van der Waals surface area contributed by atoms with Crippen LogP contribution in [-0.2, 0) is 6.18 Å². The number of likely N-dealkylation sites (tertiary alicyclic amines) is 1. The molecular weight excluding hydrogens is 354 g/mol. The van der Waals surface area contributed by atoms with Crippen molar-refractivity contribution in [3.05, 3.63) is 29.6 Å². The van der Waals surface area contributed by atoms with Gasteiger partial charge >= 0.3 is 6.18 Å². The van der Waals surface area contributed by atoms with E-state index >= 15 is 0 Å². The lowest BCUT2D eigenvalue weighted by Gasteiger charge is -2.38. The lowest BCUT2D eigenvalue weighted by Crippen LogP contribution is -2.51. The fourth-order valence-electron chi connectivity index (χ4n) is 2.61. The molecular formula is C14H20Cl2F3N3O. The van der Waals surface area contributed by atoms with Crippen LogP contribution in [0.1, 0.15) is 42.2 Å². The summed E-state index contributed by atoms with van der Waals surface area (Å²) in [5.41, 5.74) is 5.06. The summed E-state index contributed by atoms with van der Waals surface area (Å²) in [6, 6.07) is 1.76. The third kappa shape index (κ3) is 5.22. The molecule has 23 heavy (non-hydrogen) atoms. The molecule has 1 amide bonds. The fourth-order valence-corrected chi connectivity index (χ4v) is 2.61. The molecule has 132 valence electrons. The first-order valence-corrected chi connectivity index (χ1v) is 6.90. The van der Waals surface area contributed by atoms with Gasteiger partial charge in [0.15, 0.2) is 0 Å². The molecule has 1 saturated heterocycles. The lowest BCUT2D eigenvalue weighted by atomic mass is 9.96. The molecule has 0 saturated carbocycles. The highest BCUT2D eigenvalue weighted by molar-refractivity contribution is 5.94. The molecule has 1 aliphatic heterocycles. The van der Waals surface area contributed by atoms with Crippen LogP contribution in [0.5, 0.6) is 0 Å². The molecule has 1 aromatic rings. The number of nitrogens with two attached hydrogens (primary N) is 1. The number of carbonyl (C=O) groups excluding carboxylic acids is 1. The molecule has 0 aromatic carbocycles. The summed E-state index contributed by atoms with van der Waals surface area (Å²) in [7, 11) is 0. The van der Waals surface area contributed by atoms with Crippen LogP contribution >= 0.6 is 24.8 Å². The number of amides is 1. The molecule has 4 nitrogen and oxygen atoms in total. The van der Waals surface area contributed by atoms with E-state index in [0.29, 0.717) is 6.54 Å². The van der Waals surface area contributed by atoms with Gasteiger partial charge in [0.25, 0.3) is 5.91 Å². The van der Waals surface area contributed by atoms with Crippen LogP contribution in [-0.4, -0.2) is 34.4 Å². The Labute approximate surface area is 145 Å². The predicted octanol–water partition coefficient (Wildman–Crippen LogP) is 3.29. The number of hydrogen-bond donors (Lipinski definition) is 1. The van der Waals surface area contributed by atoms with Crippen molar-refractivity contribution < 1.29 is 18.0 Å². The van der Waals surface area contributed by atoms with Gasteiger partial charge in [0.05, 0.1) is 5.56 Å². The zero-order valence-electron chi connectivity index (χ0n) is 12.5. The minimum Gasteiger partial charge on any atom is -0.334 e. The van der Waals surface area contributed by atoms with Gasteiger partial charge in [-0.3, -0.25) is 9.78 Å². The first kappa shape index (κ1) is 21.9. The van der Waals surface area contributed by atoms with Crippen LogP contribution in [0.2, 0.25) is 0 Å². The molecule has 1 fully saturated rings. The SMILES string of the molecule is CC(N)C1CCCCN1C(=O)c1ccc(C(F)(F)F)nc1.Cl.Cl. The number of hydrogen-bond acceptors (Lipinski definition) is 3. The van der Waals surface area contributed by atoms with E-state index in [1.54, 1.807) is 4.90 Å². The second-order valence-corrected chi connectivity index (χ2v) is 5.35. The van der Waals surface area contributed by atoms with Gasteiger partial charge in [0.2, 0.25) is 0 Å². The van der Waals surface area contributed by atoms with Crippen LogP contribution in [0.25, 0.3) is 0 Å². The minimum absolute atomic E-state index is 0. The number of nitrogens with zero attached hydrogens (tertiary/aromatic N) is 2. The van der Waals surface area contributed by atoms with Gasteiger partial charge in [-0.05, 0) is 38.3 Å². The number of aromatic nitrogens is 1. The maximum absolute atomic E-state index is 12.5. The highest BCUT2D eigenvalue weighted by atomic mass is 35.5. The second kappa shape index (κ2) is 8.70. The molecule has 0 spiro atoms. The van der Waals surface area contributed by atoms with E-state index in [-0.39, 0.29) is 48.4 Å². The quantitative estimate of drug-likeness (QED) is 0.864. The largest absolute Gasteiger partial charge is 0.433 e. The van der Waals surface area contributed by atoms with Crippen molar-refractivity contribution in [1.29, 1.82) is 0 Å². The van der Waals surface area contributed by atoms with Gasteiger partial charge < -0.3 is 10.6 Å². The van der Waals surface area contributed by atoms with Gasteiger partial charge in [-0.15, -0.1) is 24.8 Å². The van der Waals surface area contributed by atoms with Crippen LogP contribution in [0, 0.1) is 0 Å². The first-order valence-electron chi connectivity index (χ1n) is 6.90. The number of piperidine rings is 1. The second-order valence-electron chi connectivity index (χ2n) is 5.35. The number of carbonyl (C=O) groups is 1. The molecule has 0 aliphatic carbocycles. The van der Waals surface area contributed by atoms with Crippen molar-refractivity contribution in [3.8, 4) is 0 Å². The van der Waals surface area contributed by atoms with E-state index < -0.39 is 11.9 Å². The molecule has 2 N–H and O–H groups in total. The zero-order valence-corrected chi connectivity index (χ0v) is 14.2. The maximum atomic E-state index is 12.5. The van der Waals surface area contributed by atoms with Crippen LogP contribution in [0.15, 0.2) is 18.3 Å². The average Bonchev–Trinajstić information content (AvgIpc) is 2.45. The van der Waals surface area contributed by atoms with Gasteiger partial charge in [-0.2, -0.15) is 13.2 Å². The van der Waals surface area contributed by atoms with Crippen molar-refractivity contribution in [2.75, 3.05) is 6.54 Å². The summed E-state index contributed by atoms with van der Waals surface area (Å²) in [5.74, 6) is -0.307. The summed E-state index contributed by atoms with van der Waals surface area (Å²) in [4.78, 5) is 17.4. The predicted molar refractivity (Wildman–Crippen MR) is 86.1 cm³/mol. The Morgan fingerprint density at radius 3 is 2.48 bits per heavy atom. The monoisotopic (exact) mass is 373 g/mol. The Balaban J connectivity index is 0.00000242. The summed E-state index contributed by atoms with van der Waals surface area (Å²) in [6.07, 6.45) is -0.819. The maximum Gasteiger partial charge on any atom is 0.433 e. The van der Waals surface area contributed by atoms with Crippen molar-refractivity contribution in [2.45, 2.75) is 44.4 Å². The van der Waals surface area contributed by atoms with E-state index in [1.165, 1.54) is 6.07 Å². The Bertz CT molecular complexity index is 509. The van der Waals surface area contributed by atoms with Crippen molar-refractivity contribution in [1.82, 2.24) is 9.88 Å². The zero-order chi connectivity index (χ0) is 15.6. The average molecular weight is 374 g/mol. The van der Waals surface area contributed by atoms with E-state index in [2.05, 4.69) is 4.98 Å². The van der Waals surface area contributed by atoms with E-state index in [0.717, 1.165) is 31.5 Å². The third-order valence-electron chi connectivity index (χ3n) is 3.72. The van der Waals surface area contributed by atoms with Crippen molar-refractivity contribution >= 4 is 30.7 Å². The molecule has 2 rings (SSSR count). The molecule has 1 aromatic heterocycles. The highest BCUT2D eigenvalue weighted by Gasteiger charge is 2.33. The van der Waals surface area contributed by atoms with Gasteiger partial charge in [-0.1, -0.05) is 0 Å². The van der Waals surface area contributed by atoms with Crippen molar-refractivity contribution in [3.63, 3.8) is 0 Å². The number of alkyl halides is 3. The molecule has 2 unspecified atom stereocenters. The van der Waals surface area contributed by atoms with E-state index in [9.17, 15) is 18.0 Å². The number of rotatable bonds is 2. The first-order chi connectivity index (χ1) is 9.80. The molecule has 0 bridgehead atoms. The smallest absolute Gasteiger partial charge is 0.334 e. The standard InChI is InChI=1S/C14H18F3N3O.2ClH/c1-9(18)11-4-2-3-7-20(11)13(21)10-5-6-12(19-8-10)14(15,16)17;;/h5-6,8-9,11H,2-4,7,18H2,1H3;2*1H. The normalized spacial score (nSPS) is 19.3. The van der Waals surface area contributed by atoms with Gasteiger partial charge in [0, 0.05) is 24.8 Å². The molecule has 9 heteroatoms. The van der Waals surface area contributed by atoms with Crippen molar-refractivity contribution in [2.24, 2.45) is 5.73 Å². The lowest BCUT2D eigenvalue weighted by molar-refractivity contribution is -0.141. The number of pyridine rings is 1. The van der Waals surface area contributed by atoms with Crippen LogP contribution < -0.4 is 5.73 Å². The molecule has 2 atom stereocenters.